The van der Waals surface area contributed by atoms with Crippen LogP contribution in [0.2, 0.25) is 0 Å². The topological polar surface area (TPSA) is 52.6 Å². The molecule has 0 aromatic rings. The molecule has 0 N–H and O–H groups in total. The number of rotatable bonds is 2. The predicted octanol–water partition coefficient (Wildman–Crippen LogP) is 1.17. The van der Waals surface area contributed by atoms with E-state index in [2.05, 4.69) is 0 Å². The largest absolute Gasteiger partial charge is 0.375 e. The van der Waals surface area contributed by atoms with Crippen LogP contribution in [0.1, 0.15) is 27.2 Å². The highest BCUT2D eigenvalue weighted by atomic mass is 32.2. The molecule has 1 saturated heterocycles. The van der Waals surface area contributed by atoms with Crippen molar-refractivity contribution in [2.75, 3.05) is 12.9 Å². The first-order valence-electron chi connectivity index (χ1n) is 4.72. The maximum Gasteiger partial charge on any atom is 0.264 e. The summed E-state index contributed by atoms with van der Waals surface area (Å²) in [6.07, 6.45) is 1.44. The Hall–Kier alpha value is -0.130. The van der Waals surface area contributed by atoms with Crippen LogP contribution in [0.25, 0.3) is 0 Å². The SMILES string of the molecule is C[C@H]1COC(C)(C)C[C@@H]1OS(C)(=O)=O. The molecule has 2 atom stereocenters. The van der Waals surface area contributed by atoms with Crippen LogP contribution in [-0.4, -0.2) is 33.0 Å². The summed E-state index contributed by atoms with van der Waals surface area (Å²) < 4.78 is 32.6. The van der Waals surface area contributed by atoms with E-state index in [9.17, 15) is 8.42 Å². The first-order valence-corrected chi connectivity index (χ1v) is 6.53. The van der Waals surface area contributed by atoms with E-state index in [1.807, 2.05) is 20.8 Å². The van der Waals surface area contributed by atoms with E-state index in [4.69, 9.17) is 8.92 Å². The molecule has 1 fully saturated rings. The lowest BCUT2D eigenvalue weighted by atomic mass is 9.90. The molecule has 0 aromatic carbocycles. The molecule has 0 spiro atoms. The van der Waals surface area contributed by atoms with Crippen molar-refractivity contribution in [2.24, 2.45) is 5.92 Å². The Bertz CT molecular complexity index is 294. The molecular formula is C9H18O4S. The summed E-state index contributed by atoms with van der Waals surface area (Å²) in [5, 5.41) is 0. The number of ether oxygens (including phenoxy) is 1. The van der Waals surface area contributed by atoms with E-state index in [1.54, 1.807) is 0 Å². The van der Waals surface area contributed by atoms with Crippen molar-refractivity contribution in [3.8, 4) is 0 Å². The standard InChI is InChI=1S/C9H18O4S/c1-7-6-12-9(2,3)5-8(7)13-14(4,10)11/h7-8H,5-6H2,1-4H3/t7-,8-/m0/s1. The van der Waals surface area contributed by atoms with Crippen LogP contribution in [-0.2, 0) is 19.0 Å². The minimum absolute atomic E-state index is 0.123. The minimum atomic E-state index is -3.36. The molecule has 5 heteroatoms. The van der Waals surface area contributed by atoms with Gasteiger partial charge in [0.2, 0.25) is 0 Å². The van der Waals surface area contributed by atoms with Crippen LogP contribution in [0.5, 0.6) is 0 Å². The maximum absolute atomic E-state index is 11.0. The summed E-state index contributed by atoms with van der Waals surface area (Å²) in [4.78, 5) is 0. The van der Waals surface area contributed by atoms with Crippen LogP contribution in [0, 0.1) is 5.92 Å². The molecule has 1 aliphatic heterocycles. The van der Waals surface area contributed by atoms with Crippen molar-refractivity contribution in [1.29, 1.82) is 0 Å². The molecule has 0 aromatic heterocycles. The predicted molar refractivity (Wildman–Crippen MR) is 53.5 cm³/mol. The van der Waals surface area contributed by atoms with Gasteiger partial charge >= 0.3 is 0 Å². The van der Waals surface area contributed by atoms with Crippen molar-refractivity contribution in [3.05, 3.63) is 0 Å². The lowest BCUT2D eigenvalue weighted by molar-refractivity contribution is -0.115. The molecule has 0 bridgehead atoms. The normalized spacial score (nSPS) is 32.9. The minimum Gasteiger partial charge on any atom is -0.375 e. The van der Waals surface area contributed by atoms with Crippen LogP contribution < -0.4 is 0 Å². The van der Waals surface area contributed by atoms with Crippen molar-refractivity contribution >= 4 is 10.1 Å². The second-order valence-corrected chi connectivity index (χ2v) is 6.19. The molecule has 0 amide bonds. The van der Waals surface area contributed by atoms with Gasteiger partial charge in [-0.2, -0.15) is 8.42 Å². The first kappa shape index (κ1) is 11.9. The Labute approximate surface area is 85.7 Å². The van der Waals surface area contributed by atoms with E-state index in [-0.39, 0.29) is 17.6 Å². The summed E-state index contributed by atoms with van der Waals surface area (Å²) >= 11 is 0. The van der Waals surface area contributed by atoms with Gasteiger partial charge in [-0.25, -0.2) is 0 Å². The zero-order valence-electron chi connectivity index (χ0n) is 9.11. The van der Waals surface area contributed by atoms with E-state index in [1.165, 1.54) is 0 Å². The van der Waals surface area contributed by atoms with Crippen molar-refractivity contribution < 1.29 is 17.3 Å². The first-order chi connectivity index (χ1) is 6.20. The molecular weight excluding hydrogens is 204 g/mol. The molecule has 0 unspecified atom stereocenters. The third-order valence-electron chi connectivity index (χ3n) is 2.36. The van der Waals surface area contributed by atoms with E-state index < -0.39 is 10.1 Å². The highest BCUT2D eigenvalue weighted by molar-refractivity contribution is 7.86. The van der Waals surface area contributed by atoms with Crippen molar-refractivity contribution in [2.45, 2.75) is 38.9 Å². The Morgan fingerprint density at radius 2 is 2.00 bits per heavy atom. The average Bonchev–Trinajstić information content (AvgIpc) is 1.93. The summed E-state index contributed by atoms with van der Waals surface area (Å²) in [7, 11) is -3.36. The summed E-state index contributed by atoms with van der Waals surface area (Å²) in [6.45, 7) is 6.37. The molecule has 1 aliphatic rings. The summed E-state index contributed by atoms with van der Waals surface area (Å²) in [6, 6.07) is 0. The Morgan fingerprint density at radius 1 is 1.43 bits per heavy atom. The van der Waals surface area contributed by atoms with Gasteiger partial charge in [-0.3, -0.25) is 4.18 Å². The second-order valence-electron chi connectivity index (χ2n) is 4.59. The van der Waals surface area contributed by atoms with Crippen LogP contribution in [0.15, 0.2) is 0 Å². The third-order valence-corrected chi connectivity index (χ3v) is 2.96. The van der Waals surface area contributed by atoms with Gasteiger partial charge in [-0.05, 0) is 13.8 Å². The molecule has 1 rings (SSSR count). The molecule has 0 aliphatic carbocycles. The third kappa shape index (κ3) is 3.55. The molecule has 14 heavy (non-hydrogen) atoms. The van der Waals surface area contributed by atoms with Crippen LogP contribution in [0.4, 0.5) is 0 Å². The zero-order chi connectivity index (χ0) is 11.0. The average molecular weight is 222 g/mol. The quantitative estimate of drug-likeness (QED) is 0.658. The molecule has 0 saturated carbocycles. The van der Waals surface area contributed by atoms with E-state index in [0.717, 1.165) is 6.26 Å². The Morgan fingerprint density at radius 3 is 2.50 bits per heavy atom. The molecule has 84 valence electrons. The van der Waals surface area contributed by atoms with Crippen molar-refractivity contribution in [1.82, 2.24) is 0 Å². The molecule has 0 radical (unpaired) electrons. The second kappa shape index (κ2) is 3.79. The van der Waals surface area contributed by atoms with Gasteiger partial charge in [0.15, 0.2) is 0 Å². The Kier molecular flexibility index (Phi) is 3.23. The number of hydrogen-bond donors (Lipinski definition) is 0. The van der Waals surface area contributed by atoms with Gasteiger partial charge in [-0.1, -0.05) is 6.92 Å². The Balaban J connectivity index is 2.67. The monoisotopic (exact) mass is 222 g/mol. The van der Waals surface area contributed by atoms with Gasteiger partial charge in [0.25, 0.3) is 10.1 Å². The summed E-state index contributed by atoms with van der Waals surface area (Å²) in [5.74, 6) is 0.123. The zero-order valence-corrected chi connectivity index (χ0v) is 9.93. The van der Waals surface area contributed by atoms with Gasteiger partial charge in [0.1, 0.15) is 0 Å². The fraction of sp³-hybridized carbons (Fsp3) is 1.00. The fourth-order valence-corrected chi connectivity index (χ4v) is 2.27. The van der Waals surface area contributed by atoms with E-state index in [0.29, 0.717) is 13.0 Å². The van der Waals surface area contributed by atoms with Crippen molar-refractivity contribution in [3.63, 3.8) is 0 Å². The highest BCUT2D eigenvalue weighted by Crippen LogP contribution is 2.30. The number of hydrogen-bond acceptors (Lipinski definition) is 4. The van der Waals surface area contributed by atoms with Gasteiger partial charge in [-0.15, -0.1) is 0 Å². The summed E-state index contributed by atoms with van der Waals surface area (Å²) in [5.41, 5.74) is -0.290. The lowest BCUT2D eigenvalue weighted by Gasteiger charge is -2.38. The fourth-order valence-electron chi connectivity index (χ4n) is 1.56. The highest BCUT2D eigenvalue weighted by Gasteiger charge is 2.35. The lowest BCUT2D eigenvalue weighted by Crippen LogP contribution is -2.43. The van der Waals surface area contributed by atoms with Gasteiger partial charge < -0.3 is 4.74 Å². The van der Waals surface area contributed by atoms with Gasteiger partial charge in [0, 0.05) is 12.3 Å². The maximum atomic E-state index is 11.0. The smallest absolute Gasteiger partial charge is 0.264 e. The van der Waals surface area contributed by atoms with E-state index >= 15 is 0 Å². The van der Waals surface area contributed by atoms with Gasteiger partial charge in [0.05, 0.1) is 24.6 Å². The van der Waals surface area contributed by atoms with Crippen LogP contribution >= 0.6 is 0 Å². The van der Waals surface area contributed by atoms with Crippen LogP contribution in [0.3, 0.4) is 0 Å². The molecule has 1 heterocycles. The molecule has 4 nitrogen and oxygen atoms in total.